The van der Waals surface area contributed by atoms with Gasteiger partial charge in [-0.1, -0.05) is 6.07 Å². The van der Waals surface area contributed by atoms with E-state index in [4.69, 9.17) is 0 Å². The molecule has 17 heavy (non-hydrogen) atoms. The number of thiophene rings is 1. The lowest BCUT2D eigenvalue weighted by molar-refractivity contribution is 0.0948. The summed E-state index contributed by atoms with van der Waals surface area (Å²) in [7, 11) is 0. The number of nitrogens with one attached hydrogen (secondary N) is 1. The van der Waals surface area contributed by atoms with Crippen LogP contribution in [0.3, 0.4) is 0 Å². The summed E-state index contributed by atoms with van der Waals surface area (Å²) in [6.07, 6.45) is 2.47. The summed E-state index contributed by atoms with van der Waals surface area (Å²) >= 11 is 5.00. The molecule has 0 saturated carbocycles. The molecule has 2 aromatic heterocycles. The maximum Gasteiger partial charge on any atom is 0.271 e. The van der Waals surface area contributed by atoms with Crippen LogP contribution in [0.5, 0.6) is 0 Å². The van der Waals surface area contributed by atoms with Crippen LogP contribution in [0.25, 0.3) is 0 Å². The maximum atomic E-state index is 11.8. The van der Waals surface area contributed by atoms with Gasteiger partial charge in [0.15, 0.2) is 0 Å². The molecule has 0 radical (unpaired) electrons. The van der Waals surface area contributed by atoms with Crippen molar-refractivity contribution in [1.82, 2.24) is 10.3 Å². The standard InChI is InChI=1S/C12H11BrN2OS/c13-10-4-1-6-14-11(10)12(16)15-7-5-9-3-2-8-17-9/h1-4,6,8H,5,7H2,(H,15,16). The number of hydrogen-bond acceptors (Lipinski definition) is 3. The van der Waals surface area contributed by atoms with Gasteiger partial charge in [0, 0.05) is 22.1 Å². The Kier molecular flexibility index (Phi) is 4.28. The average Bonchev–Trinajstić information content (AvgIpc) is 2.82. The molecule has 2 heterocycles. The van der Waals surface area contributed by atoms with Gasteiger partial charge in [-0.2, -0.15) is 0 Å². The predicted molar refractivity (Wildman–Crippen MR) is 72.3 cm³/mol. The molecule has 1 amide bonds. The third-order valence-corrected chi connectivity index (χ3v) is 3.79. The summed E-state index contributed by atoms with van der Waals surface area (Å²) in [6, 6.07) is 7.67. The van der Waals surface area contributed by atoms with Gasteiger partial charge in [-0.15, -0.1) is 11.3 Å². The van der Waals surface area contributed by atoms with E-state index in [9.17, 15) is 4.79 Å². The van der Waals surface area contributed by atoms with E-state index in [1.807, 2.05) is 11.4 Å². The zero-order chi connectivity index (χ0) is 12.1. The number of carbonyl (C=O) groups is 1. The zero-order valence-corrected chi connectivity index (χ0v) is 11.4. The molecule has 2 rings (SSSR count). The van der Waals surface area contributed by atoms with Crippen molar-refractivity contribution in [1.29, 1.82) is 0 Å². The first-order valence-electron chi connectivity index (χ1n) is 5.18. The Labute approximate surface area is 112 Å². The highest BCUT2D eigenvalue weighted by Gasteiger charge is 2.09. The van der Waals surface area contributed by atoms with E-state index in [0.717, 1.165) is 6.42 Å². The topological polar surface area (TPSA) is 42.0 Å². The van der Waals surface area contributed by atoms with Crippen molar-refractivity contribution in [2.75, 3.05) is 6.54 Å². The first-order valence-corrected chi connectivity index (χ1v) is 6.86. The van der Waals surface area contributed by atoms with Crippen LogP contribution < -0.4 is 5.32 Å². The molecule has 0 unspecified atom stereocenters. The van der Waals surface area contributed by atoms with E-state index in [2.05, 4.69) is 32.3 Å². The second kappa shape index (κ2) is 5.93. The predicted octanol–water partition coefficient (Wildman–Crippen LogP) is 2.88. The van der Waals surface area contributed by atoms with E-state index in [-0.39, 0.29) is 5.91 Å². The molecule has 0 aliphatic heterocycles. The fourth-order valence-electron chi connectivity index (χ4n) is 1.39. The van der Waals surface area contributed by atoms with Crippen LogP contribution in [0, 0.1) is 0 Å². The molecule has 88 valence electrons. The maximum absolute atomic E-state index is 11.8. The molecule has 0 saturated heterocycles. The molecule has 3 nitrogen and oxygen atoms in total. The zero-order valence-electron chi connectivity index (χ0n) is 9.02. The summed E-state index contributed by atoms with van der Waals surface area (Å²) in [6.45, 7) is 0.627. The van der Waals surface area contributed by atoms with Crippen molar-refractivity contribution in [3.63, 3.8) is 0 Å². The minimum Gasteiger partial charge on any atom is -0.350 e. The van der Waals surface area contributed by atoms with Crippen molar-refractivity contribution in [2.24, 2.45) is 0 Å². The van der Waals surface area contributed by atoms with E-state index < -0.39 is 0 Å². The number of amides is 1. The summed E-state index contributed by atoms with van der Waals surface area (Å²) in [5.74, 6) is -0.144. The lowest BCUT2D eigenvalue weighted by Crippen LogP contribution is -2.26. The third-order valence-electron chi connectivity index (χ3n) is 2.21. The number of aromatic nitrogens is 1. The van der Waals surface area contributed by atoms with Crippen LogP contribution in [-0.2, 0) is 6.42 Å². The van der Waals surface area contributed by atoms with E-state index in [1.165, 1.54) is 4.88 Å². The molecule has 0 aliphatic carbocycles. The highest BCUT2D eigenvalue weighted by Crippen LogP contribution is 2.13. The number of halogens is 1. The lowest BCUT2D eigenvalue weighted by Gasteiger charge is -2.04. The van der Waals surface area contributed by atoms with E-state index >= 15 is 0 Å². The number of hydrogen-bond donors (Lipinski definition) is 1. The summed E-state index contributed by atoms with van der Waals surface area (Å²) in [4.78, 5) is 17.1. The number of carbonyl (C=O) groups excluding carboxylic acids is 1. The average molecular weight is 311 g/mol. The molecule has 0 bridgehead atoms. The molecule has 0 atom stereocenters. The summed E-state index contributed by atoms with van der Waals surface area (Å²) < 4.78 is 0.716. The smallest absolute Gasteiger partial charge is 0.271 e. The van der Waals surface area contributed by atoms with Gasteiger partial charge in [0.1, 0.15) is 5.69 Å². The molecular formula is C12H11BrN2OS. The Morgan fingerprint density at radius 1 is 1.41 bits per heavy atom. The van der Waals surface area contributed by atoms with Crippen LogP contribution in [0.1, 0.15) is 15.4 Å². The summed E-state index contributed by atoms with van der Waals surface area (Å²) in [5, 5.41) is 4.89. The van der Waals surface area contributed by atoms with Gasteiger partial charge in [-0.3, -0.25) is 4.79 Å². The molecule has 0 aromatic carbocycles. The Morgan fingerprint density at radius 3 is 3.00 bits per heavy atom. The van der Waals surface area contributed by atoms with Crippen LogP contribution in [0.2, 0.25) is 0 Å². The normalized spacial score (nSPS) is 10.2. The van der Waals surface area contributed by atoms with Gasteiger partial charge < -0.3 is 5.32 Å². The Morgan fingerprint density at radius 2 is 2.29 bits per heavy atom. The Bertz CT molecular complexity index is 499. The van der Waals surface area contributed by atoms with Crippen molar-refractivity contribution in [3.05, 3.63) is 50.9 Å². The summed E-state index contributed by atoms with van der Waals surface area (Å²) in [5.41, 5.74) is 0.429. The molecule has 2 aromatic rings. The quantitative estimate of drug-likeness (QED) is 0.943. The van der Waals surface area contributed by atoms with Crippen LogP contribution >= 0.6 is 27.3 Å². The van der Waals surface area contributed by atoms with Gasteiger partial charge in [-0.05, 0) is 45.9 Å². The Balaban J connectivity index is 1.88. The molecule has 5 heteroatoms. The second-order valence-corrected chi connectivity index (χ2v) is 5.31. The first-order chi connectivity index (χ1) is 8.27. The van der Waals surface area contributed by atoms with Gasteiger partial charge in [0.05, 0.1) is 0 Å². The van der Waals surface area contributed by atoms with Crippen LogP contribution in [0.15, 0.2) is 40.3 Å². The first kappa shape index (κ1) is 12.3. The minimum absolute atomic E-state index is 0.144. The van der Waals surface area contributed by atoms with Gasteiger partial charge >= 0.3 is 0 Å². The molecule has 0 spiro atoms. The van der Waals surface area contributed by atoms with Crippen molar-refractivity contribution in [2.45, 2.75) is 6.42 Å². The van der Waals surface area contributed by atoms with Gasteiger partial charge in [-0.25, -0.2) is 4.98 Å². The fourth-order valence-corrected chi connectivity index (χ4v) is 2.53. The van der Waals surface area contributed by atoms with Crippen molar-refractivity contribution in [3.8, 4) is 0 Å². The number of nitrogens with zero attached hydrogens (tertiary/aromatic N) is 1. The van der Waals surface area contributed by atoms with Gasteiger partial charge in [0.2, 0.25) is 0 Å². The molecular weight excluding hydrogens is 300 g/mol. The second-order valence-electron chi connectivity index (χ2n) is 3.42. The molecule has 0 aliphatic rings. The lowest BCUT2D eigenvalue weighted by atomic mass is 10.3. The largest absolute Gasteiger partial charge is 0.350 e. The molecule has 1 N–H and O–H groups in total. The highest BCUT2D eigenvalue weighted by molar-refractivity contribution is 9.10. The third kappa shape index (κ3) is 3.38. The number of rotatable bonds is 4. The highest BCUT2D eigenvalue weighted by atomic mass is 79.9. The number of pyridine rings is 1. The van der Waals surface area contributed by atoms with Crippen LogP contribution in [0.4, 0.5) is 0 Å². The van der Waals surface area contributed by atoms with E-state index in [1.54, 1.807) is 29.7 Å². The van der Waals surface area contributed by atoms with Crippen molar-refractivity contribution < 1.29 is 4.79 Å². The SMILES string of the molecule is O=C(NCCc1cccs1)c1ncccc1Br. The molecule has 0 fully saturated rings. The van der Waals surface area contributed by atoms with Gasteiger partial charge in [0.25, 0.3) is 5.91 Å². The van der Waals surface area contributed by atoms with E-state index in [0.29, 0.717) is 16.7 Å². The minimum atomic E-state index is -0.144. The monoisotopic (exact) mass is 310 g/mol. The fraction of sp³-hybridized carbons (Fsp3) is 0.167. The van der Waals surface area contributed by atoms with Crippen LogP contribution in [-0.4, -0.2) is 17.4 Å². The Hall–Kier alpha value is -1.20. The van der Waals surface area contributed by atoms with Crippen molar-refractivity contribution >= 4 is 33.2 Å².